The summed E-state index contributed by atoms with van der Waals surface area (Å²) >= 11 is 0. The summed E-state index contributed by atoms with van der Waals surface area (Å²) in [6.07, 6.45) is 4.01. The first-order chi connectivity index (χ1) is 9.08. The highest BCUT2D eigenvalue weighted by Crippen LogP contribution is 2.16. The number of rotatable bonds is 6. The molecule has 1 unspecified atom stereocenters. The van der Waals surface area contributed by atoms with Crippen LogP contribution in [0.3, 0.4) is 0 Å². The average Bonchev–Trinajstić information content (AvgIpc) is 2.44. The summed E-state index contributed by atoms with van der Waals surface area (Å²) in [5.74, 6) is 0.389. The van der Waals surface area contributed by atoms with Gasteiger partial charge in [0.15, 0.2) is 0 Å². The quantitative estimate of drug-likeness (QED) is 0.751. The molecule has 5 heteroatoms. The van der Waals surface area contributed by atoms with E-state index in [-0.39, 0.29) is 23.8 Å². The van der Waals surface area contributed by atoms with Crippen LogP contribution in [0.25, 0.3) is 0 Å². The minimum atomic E-state index is 0.0605. The van der Waals surface area contributed by atoms with Crippen LogP contribution < -0.4 is 11.1 Å². The van der Waals surface area contributed by atoms with E-state index < -0.39 is 0 Å². The summed E-state index contributed by atoms with van der Waals surface area (Å²) in [4.78, 5) is 25.4. The zero-order chi connectivity index (χ0) is 14.3. The molecule has 1 fully saturated rings. The molecule has 1 aliphatic heterocycles. The highest BCUT2D eigenvalue weighted by Gasteiger charge is 2.26. The highest BCUT2D eigenvalue weighted by atomic mass is 16.2. The number of hydrogen-bond donors (Lipinski definition) is 2. The molecule has 110 valence electrons. The molecule has 19 heavy (non-hydrogen) atoms. The third-order valence-electron chi connectivity index (χ3n) is 3.76. The van der Waals surface area contributed by atoms with Crippen molar-refractivity contribution in [3.63, 3.8) is 0 Å². The Kier molecular flexibility index (Phi) is 6.84. The number of piperidine rings is 1. The van der Waals surface area contributed by atoms with Gasteiger partial charge in [0.1, 0.15) is 0 Å². The van der Waals surface area contributed by atoms with Crippen molar-refractivity contribution in [1.82, 2.24) is 10.2 Å². The normalized spacial score (nSPS) is 18.2. The molecule has 0 aliphatic carbocycles. The number of nitrogens with one attached hydrogen (secondary N) is 1. The standard InChI is InChI=1S/C14H27N3O2/c1-3-13(18)16-12-6-9-17(10-7-12)14(19)11(2)5-4-8-15/h11-12H,3-10,15H2,1-2H3,(H,16,18). The van der Waals surface area contributed by atoms with Gasteiger partial charge in [0.2, 0.25) is 11.8 Å². The lowest BCUT2D eigenvalue weighted by Crippen LogP contribution is -2.47. The van der Waals surface area contributed by atoms with Crippen LogP contribution in [-0.2, 0) is 9.59 Å². The third-order valence-corrected chi connectivity index (χ3v) is 3.76. The zero-order valence-corrected chi connectivity index (χ0v) is 12.2. The Bertz CT molecular complexity index is 299. The summed E-state index contributed by atoms with van der Waals surface area (Å²) in [6, 6.07) is 0.232. The number of nitrogens with zero attached hydrogens (tertiary/aromatic N) is 1. The van der Waals surface area contributed by atoms with Gasteiger partial charge in [-0.1, -0.05) is 13.8 Å². The molecule has 0 aromatic heterocycles. The maximum Gasteiger partial charge on any atom is 0.225 e. The van der Waals surface area contributed by atoms with Crippen LogP contribution in [0.1, 0.15) is 46.0 Å². The van der Waals surface area contributed by atoms with E-state index in [2.05, 4.69) is 5.32 Å². The molecule has 3 N–H and O–H groups in total. The van der Waals surface area contributed by atoms with E-state index in [0.29, 0.717) is 13.0 Å². The molecule has 2 amide bonds. The van der Waals surface area contributed by atoms with Crippen molar-refractivity contribution >= 4 is 11.8 Å². The second kappa shape index (κ2) is 8.15. The molecule has 0 radical (unpaired) electrons. The number of hydrogen-bond acceptors (Lipinski definition) is 3. The Hall–Kier alpha value is -1.10. The van der Waals surface area contributed by atoms with Gasteiger partial charge < -0.3 is 16.0 Å². The van der Waals surface area contributed by atoms with Crippen molar-refractivity contribution < 1.29 is 9.59 Å². The van der Waals surface area contributed by atoms with E-state index >= 15 is 0 Å². The molecule has 0 bridgehead atoms. The number of carbonyl (C=O) groups is 2. The van der Waals surface area contributed by atoms with E-state index in [0.717, 1.165) is 38.8 Å². The van der Waals surface area contributed by atoms with E-state index in [9.17, 15) is 9.59 Å². The zero-order valence-electron chi connectivity index (χ0n) is 12.2. The smallest absolute Gasteiger partial charge is 0.225 e. The number of carbonyl (C=O) groups excluding carboxylic acids is 2. The van der Waals surface area contributed by atoms with E-state index in [4.69, 9.17) is 5.73 Å². The fraction of sp³-hybridized carbons (Fsp3) is 0.857. The van der Waals surface area contributed by atoms with Gasteiger partial charge in [0.25, 0.3) is 0 Å². The molecule has 0 aromatic rings. The van der Waals surface area contributed by atoms with Gasteiger partial charge >= 0.3 is 0 Å². The van der Waals surface area contributed by atoms with Crippen LogP contribution in [-0.4, -0.2) is 42.4 Å². The predicted octanol–water partition coefficient (Wildman–Crippen LogP) is 0.879. The van der Waals surface area contributed by atoms with Gasteiger partial charge in [-0.15, -0.1) is 0 Å². The Balaban J connectivity index is 2.32. The summed E-state index contributed by atoms with van der Waals surface area (Å²) in [7, 11) is 0. The number of nitrogens with two attached hydrogens (primary N) is 1. The van der Waals surface area contributed by atoms with E-state index in [1.807, 2.05) is 18.7 Å². The van der Waals surface area contributed by atoms with Crippen LogP contribution in [0.15, 0.2) is 0 Å². The topological polar surface area (TPSA) is 75.4 Å². The van der Waals surface area contributed by atoms with Crippen LogP contribution in [0.5, 0.6) is 0 Å². The molecule has 1 saturated heterocycles. The first kappa shape index (κ1) is 16.0. The lowest BCUT2D eigenvalue weighted by Gasteiger charge is -2.34. The Labute approximate surface area is 115 Å². The lowest BCUT2D eigenvalue weighted by molar-refractivity contribution is -0.136. The van der Waals surface area contributed by atoms with Gasteiger partial charge in [-0.05, 0) is 32.2 Å². The van der Waals surface area contributed by atoms with Crippen molar-refractivity contribution in [2.24, 2.45) is 11.7 Å². The molecular weight excluding hydrogens is 242 g/mol. The van der Waals surface area contributed by atoms with Gasteiger partial charge in [0.05, 0.1) is 0 Å². The second-order valence-electron chi connectivity index (χ2n) is 5.35. The highest BCUT2D eigenvalue weighted by molar-refractivity contribution is 5.78. The third kappa shape index (κ3) is 5.19. The average molecular weight is 269 g/mol. The van der Waals surface area contributed by atoms with Gasteiger partial charge in [-0.25, -0.2) is 0 Å². The largest absolute Gasteiger partial charge is 0.353 e. The predicted molar refractivity (Wildman–Crippen MR) is 75.5 cm³/mol. The Morgan fingerprint density at radius 3 is 2.53 bits per heavy atom. The molecule has 0 saturated carbocycles. The lowest BCUT2D eigenvalue weighted by atomic mass is 10.00. The minimum Gasteiger partial charge on any atom is -0.353 e. The first-order valence-corrected chi connectivity index (χ1v) is 7.36. The van der Waals surface area contributed by atoms with Crippen molar-refractivity contribution in [1.29, 1.82) is 0 Å². The maximum absolute atomic E-state index is 12.2. The van der Waals surface area contributed by atoms with E-state index in [1.54, 1.807) is 0 Å². The Morgan fingerprint density at radius 1 is 1.37 bits per heavy atom. The molecule has 5 nitrogen and oxygen atoms in total. The monoisotopic (exact) mass is 269 g/mol. The molecule has 0 aromatic carbocycles. The molecule has 1 rings (SSSR count). The summed E-state index contributed by atoms with van der Waals surface area (Å²) in [6.45, 7) is 5.97. The van der Waals surface area contributed by atoms with Crippen LogP contribution in [0, 0.1) is 5.92 Å². The van der Waals surface area contributed by atoms with Gasteiger partial charge in [-0.2, -0.15) is 0 Å². The van der Waals surface area contributed by atoms with E-state index in [1.165, 1.54) is 0 Å². The fourth-order valence-corrected chi connectivity index (χ4v) is 2.43. The Morgan fingerprint density at radius 2 is 2.00 bits per heavy atom. The maximum atomic E-state index is 12.2. The van der Waals surface area contributed by atoms with Crippen molar-refractivity contribution in [2.75, 3.05) is 19.6 Å². The minimum absolute atomic E-state index is 0.0605. The molecule has 1 atom stereocenters. The molecule has 1 heterocycles. The second-order valence-corrected chi connectivity index (χ2v) is 5.35. The van der Waals surface area contributed by atoms with Crippen LogP contribution in [0.4, 0.5) is 0 Å². The van der Waals surface area contributed by atoms with Crippen molar-refractivity contribution in [2.45, 2.75) is 52.0 Å². The number of likely N-dealkylation sites (tertiary alicyclic amines) is 1. The van der Waals surface area contributed by atoms with Crippen molar-refractivity contribution in [3.8, 4) is 0 Å². The first-order valence-electron chi connectivity index (χ1n) is 7.36. The molecular formula is C14H27N3O2. The molecule has 0 spiro atoms. The summed E-state index contributed by atoms with van der Waals surface area (Å²) in [5, 5.41) is 3.00. The SMILES string of the molecule is CCC(=O)NC1CCN(C(=O)C(C)CCCN)CC1. The number of amides is 2. The molecule has 1 aliphatic rings. The van der Waals surface area contributed by atoms with Crippen LogP contribution >= 0.6 is 0 Å². The summed E-state index contributed by atoms with van der Waals surface area (Å²) in [5.41, 5.74) is 5.47. The van der Waals surface area contributed by atoms with Gasteiger partial charge in [-0.3, -0.25) is 9.59 Å². The van der Waals surface area contributed by atoms with Gasteiger partial charge in [0, 0.05) is 31.5 Å². The van der Waals surface area contributed by atoms with Crippen LogP contribution in [0.2, 0.25) is 0 Å². The fourth-order valence-electron chi connectivity index (χ4n) is 2.43. The van der Waals surface area contributed by atoms with Crippen molar-refractivity contribution in [3.05, 3.63) is 0 Å². The summed E-state index contributed by atoms with van der Waals surface area (Å²) < 4.78 is 0.